The van der Waals surface area contributed by atoms with Gasteiger partial charge in [0.25, 0.3) is 5.91 Å². The predicted molar refractivity (Wildman–Crippen MR) is 80.3 cm³/mol. The first-order valence-electron chi connectivity index (χ1n) is 6.99. The molecule has 3 N–H and O–H groups in total. The van der Waals surface area contributed by atoms with E-state index in [4.69, 9.17) is 4.74 Å². The van der Waals surface area contributed by atoms with Crippen molar-refractivity contribution in [1.82, 2.24) is 16.2 Å². The molecule has 0 heterocycles. The number of ether oxygens (including phenoxy) is 1. The normalized spacial score (nSPS) is 11.4. The summed E-state index contributed by atoms with van der Waals surface area (Å²) >= 11 is 0. The van der Waals surface area contributed by atoms with Crippen molar-refractivity contribution < 1.29 is 19.1 Å². The van der Waals surface area contributed by atoms with Crippen LogP contribution in [-0.2, 0) is 20.9 Å². The predicted octanol–water partition coefficient (Wildman–Crippen LogP) is 1.10. The summed E-state index contributed by atoms with van der Waals surface area (Å²) < 4.78 is 5.07. The monoisotopic (exact) mass is 307 g/mol. The van der Waals surface area contributed by atoms with Crippen LogP contribution < -0.4 is 16.2 Å². The highest BCUT2D eigenvalue weighted by Crippen LogP contribution is 2.06. The van der Waals surface area contributed by atoms with Gasteiger partial charge < -0.3 is 10.1 Å². The fraction of sp³-hybridized carbons (Fsp3) is 0.400. The maximum Gasteiger partial charge on any atom is 0.408 e. The fourth-order valence-electron chi connectivity index (χ4n) is 1.80. The molecule has 0 aliphatic rings. The molecule has 1 rings (SSSR count). The van der Waals surface area contributed by atoms with Gasteiger partial charge in [-0.25, -0.2) is 4.79 Å². The highest BCUT2D eigenvalue weighted by Gasteiger charge is 2.22. The molecule has 0 radical (unpaired) electrons. The van der Waals surface area contributed by atoms with Crippen LogP contribution in [0.2, 0.25) is 0 Å². The molecule has 0 bridgehead atoms. The Morgan fingerprint density at radius 2 is 1.91 bits per heavy atom. The fourth-order valence-corrected chi connectivity index (χ4v) is 1.80. The van der Waals surface area contributed by atoms with Crippen molar-refractivity contribution >= 4 is 18.4 Å². The number of carbonyl (C=O) groups excluding carboxylic acids is 3. The molecular formula is C15H21N3O4. The zero-order chi connectivity index (χ0) is 16.4. The number of hydrogen-bond donors (Lipinski definition) is 3. The third-order valence-electron chi connectivity index (χ3n) is 2.78. The lowest BCUT2D eigenvalue weighted by atomic mass is 10.0. The van der Waals surface area contributed by atoms with Gasteiger partial charge in [-0.15, -0.1) is 0 Å². The van der Waals surface area contributed by atoms with Crippen molar-refractivity contribution in [1.29, 1.82) is 0 Å². The number of nitrogens with one attached hydrogen (secondary N) is 3. The molecule has 0 aromatic heterocycles. The van der Waals surface area contributed by atoms with Crippen LogP contribution in [0.1, 0.15) is 25.8 Å². The molecule has 22 heavy (non-hydrogen) atoms. The lowest BCUT2D eigenvalue weighted by molar-refractivity contribution is -0.126. The summed E-state index contributed by atoms with van der Waals surface area (Å²) in [5.41, 5.74) is 5.10. The van der Waals surface area contributed by atoms with Crippen molar-refractivity contribution in [3.05, 3.63) is 35.9 Å². The van der Waals surface area contributed by atoms with E-state index in [0.717, 1.165) is 5.56 Å². The first-order chi connectivity index (χ1) is 10.5. The Morgan fingerprint density at radius 3 is 2.50 bits per heavy atom. The van der Waals surface area contributed by atoms with Gasteiger partial charge in [-0.05, 0) is 17.9 Å². The maximum atomic E-state index is 11.8. The van der Waals surface area contributed by atoms with Gasteiger partial charge in [0, 0.05) is 0 Å². The number of benzene rings is 1. The molecule has 0 aliphatic carbocycles. The Kier molecular flexibility index (Phi) is 7.45. The molecule has 1 aromatic rings. The minimum atomic E-state index is -0.782. The first-order valence-corrected chi connectivity index (χ1v) is 6.99. The zero-order valence-electron chi connectivity index (χ0n) is 12.7. The highest BCUT2D eigenvalue weighted by atomic mass is 16.5. The van der Waals surface area contributed by atoms with Crippen LogP contribution >= 0.6 is 0 Å². The Balaban J connectivity index is 2.50. The van der Waals surface area contributed by atoms with Crippen LogP contribution in [0.15, 0.2) is 30.3 Å². The molecule has 1 atom stereocenters. The molecule has 120 valence electrons. The van der Waals surface area contributed by atoms with Gasteiger partial charge in [0.15, 0.2) is 0 Å². The Labute approximate surface area is 129 Å². The topological polar surface area (TPSA) is 96.5 Å². The summed E-state index contributed by atoms with van der Waals surface area (Å²) in [6, 6.07) is 8.44. The standard InChI is InChI=1S/C15H21N3O4/c1-11(2)8-13(14(20)18-16-10-19)17-15(21)22-9-12-6-4-3-5-7-12/h3-7,10-11,13H,8-9H2,1-2H3,(H,16,19)(H,17,21)(H,18,20)/t13-/m0/s1. The summed E-state index contributed by atoms with van der Waals surface area (Å²) in [5, 5.41) is 2.50. The average Bonchev–Trinajstić information content (AvgIpc) is 2.50. The second-order valence-corrected chi connectivity index (χ2v) is 5.14. The quantitative estimate of drug-likeness (QED) is 0.495. The first kappa shape index (κ1) is 17.5. The minimum absolute atomic E-state index is 0.120. The van der Waals surface area contributed by atoms with Crippen LogP contribution in [0.4, 0.5) is 4.79 Å². The van der Waals surface area contributed by atoms with Crippen LogP contribution in [0.5, 0.6) is 0 Å². The number of amides is 3. The van der Waals surface area contributed by atoms with Crippen LogP contribution in [0, 0.1) is 5.92 Å². The molecule has 0 fully saturated rings. The van der Waals surface area contributed by atoms with E-state index >= 15 is 0 Å². The highest BCUT2D eigenvalue weighted by molar-refractivity contribution is 5.85. The van der Waals surface area contributed by atoms with Crippen molar-refractivity contribution in [3.63, 3.8) is 0 Å². The van der Waals surface area contributed by atoms with E-state index in [1.165, 1.54) is 0 Å². The minimum Gasteiger partial charge on any atom is -0.445 e. The van der Waals surface area contributed by atoms with E-state index in [9.17, 15) is 14.4 Å². The van der Waals surface area contributed by atoms with E-state index in [1.807, 2.05) is 44.2 Å². The Bertz CT molecular complexity index is 491. The Morgan fingerprint density at radius 1 is 1.23 bits per heavy atom. The van der Waals surface area contributed by atoms with Gasteiger partial charge in [-0.3, -0.25) is 20.4 Å². The number of rotatable bonds is 8. The van der Waals surface area contributed by atoms with Gasteiger partial charge in [-0.2, -0.15) is 0 Å². The van der Waals surface area contributed by atoms with Gasteiger partial charge in [0.2, 0.25) is 6.41 Å². The molecule has 0 aliphatic heterocycles. The summed E-state index contributed by atoms with van der Waals surface area (Å²) in [4.78, 5) is 33.8. The summed E-state index contributed by atoms with van der Waals surface area (Å²) in [5.74, 6) is -0.320. The average molecular weight is 307 g/mol. The SMILES string of the molecule is CC(C)C[C@H](NC(=O)OCc1ccccc1)C(=O)NNC=O. The number of hydrazine groups is 1. The molecule has 0 spiro atoms. The maximum absolute atomic E-state index is 11.8. The molecule has 1 aromatic carbocycles. The Hall–Kier alpha value is -2.57. The van der Waals surface area contributed by atoms with E-state index < -0.39 is 18.0 Å². The van der Waals surface area contributed by atoms with Crippen LogP contribution in [0.3, 0.4) is 0 Å². The second kappa shape index (κ2) is 9.38. The lowest BCUT2D eigenvalue weighted by Crippen LogP contribution is -2.51. The van der Waals surface area contributed by atoms with Gasteiger partial charge in [0.05, 0.1) is 0 Å². The molecule has 0 saturated carbocycles. The van der Waals surface area contributed by atoms with Crippen molar-refractivity contribution in [2.75, 3.05) is 0 Å². The molecule has 7 nitrogen and oxygen atoms in total. The summed E-state index contributed by atoms with van der Waals surface area (Å²) in [7, 11) is 0. The summed E-state index contributed by atoms with van der Waals surface area (Å²) in [6.07, 6.45) is 0.0842. The van der Waals surface area contributed by atoms with Crippen LogP contribution in [0.25, 0.3) is 0 Å². The molecular weight excluding hydrogens is 286 g/mol. The van der Waals surface area contributed by atoms with E-state index in [0.29, 0.717) is 12.8 Å². The van der Waals surface area contributed by atoms with E-state index in [1.54, 1.807) is 0 Å². The number of carbonyl (C=O) groups is 3. The molecule has 7 heteroatoms. The third kappa shape index (κ3) is 6.74. The van der Waals surface area contributed by atoms with Crippen molar-refractivity contribution in [3.8, 4) is 0 Å². The van der Waals surface area contributed by atoms with Crippen molar-refractivity contribution in [2.24, 2.45) is 5.92 Å². The van der Waals surface area contributed by atoms with E-state index in [-0.39, 0.29) is 12.5 Å². The lowest BCUT2D eigenvalue weighted by Gasteiger charge is -2.19. The third-order valence-corrected chi connectivity index (χ3v) is 2.78. The van der Waals surface area contributed by atoms with Gasteiger partial charge >= 0.3 is 6.09 Å². The van der Waals surface area contributed by atoms with E-state index in [2.05, 4.69) is 16.2 Å². The zero-order valence-corrected chi connectivity index (χ0v) is 12.7. The smallest absolute Gasteiger partial charge is 0.408 e. The van der Waals surface area contributed by atoms with Crippen LogP contribution in [-0.4, -0.2) is 24.5 Å². The second-order valence-electron chi connectivity index (χ2n) is 5.14. The van der Waals surface area contributed by atoms with Gasteiger partial charge in [0.1, 0.15) is 12.6 Å². The molecule has 0 saturated heterocycles. The summed E-state index contributed by atoms with van der Waals surface area (Å²) in [6.45, 7) is 3.96. The molecule has 0 unspecified atom stereocenters. The number of alkyl carbamates (subject to hydrolysis) is 1. The largest absolute Gasteiger partial charge is 0.445 e. The number of hydrogen-bond acceptors (Lipinski definition) is 4. The van der Waals surface area contributed by atoms with Crippen molar-refractivity contribution in [2.45, 2.75) is 32.9 Å². The molecule has 3 amide bonds. The van der Waals surface area contributed by atoms with Gasteiger partial charge in [-0.1, -0.05) is 44.2 Å².